The average Bonchev–Trinajstić information content (AvgIpc) is 2.36. The van der Waals surface area contributed by atoms with E-state index in [-0.39, 0.29) is 19.0 Å². The van der Waals surface area contributed by atoms with E-state index in [2.05, 4.69) is 4.74 Å². The largest absolute Gasteiger partial charge is 0.469 e. The van der Waals surface area contributed by atoms with Crippen LogP contribution in [0.5, 0.6) is 0 Å². The van der Waals surface area contributed by atoms with E-state index in [1.165, 1.54) is 16.9 Å². The molecule has 0 unspecified atom stereocenters. The summed E-state index contributed by atoms with van der Waals surface area (Å²) < 4.78 is 9.73. The van der Waals surface area contributed by atoms with Crippen LogP contribution in [-0.4, -0.2) is 60.2 Å². The third kappa shape index (κ3) is 5.07. The van der Waals surface area contributed by atoms with Gasteiger partial charge < -0.3 is 14.4 Å². The number of amides is 2. The van der Waals surface area contributed by atoms with Gasteiger partial charge in [0.1, 0.15) is 12.0 Å². The molecule has 7 heteroatoms. The molecule has 0 N–H and O–H groups in total. The smallest absolute Gasteiger partial charge is 0.411 e. The van der Waals surface area contributed by atoms with E-state index >= 15 is 0 Å². The molecule has 7 nitrogen and oxygen atoms in total. The Labute approximate surface area is 118 Å². The minimum Gasteiger partial charge on any atom is -0.469 e. The molecule has 1 aliphatic rings. The normalized spacial score (nSPS) is 15.8. The maximum atomic E-state index is 11.9. The van der Waals surface area contributed by atoms with Gasteiger partial charge in [-0.2, -0.15) is 0 Å². The van der Waals surface area contributed by atoms with Gasteiger partial charge in [0.25, 0.3) is 0 Å². The lowest BCUT2D eigenvalue weighted by atomic mass is 10.2. The van der Waals surface area contributed by atoms with E-state index in [1.807, 2.05) is 0 Å². The van der Waals surface area contributed by atoms with Gasteiger partial charge in [-0.15, -0.1) is 0 Å². The maximum Gasteiger partial charge on any atom is 0.411 e. The van der Waals surface area contributed by atoms with Gasteiger partial charge in [-0.3, -0.25) is 14.5 Å². The molecule has 0 bridgehead atoms. The number of ether oxygens (including phenoxy) is 2. The van der Waals surface area contributed by atoms with Gasteiger partial charge in [-0.1, -0.05) is 0 Å². The highest BCUT2D eigenvalue weighted by molar-refractivity contribution is 5.94. The van der Waals surface area contributed by atoms with E-state index in [0.29, 0.717) is 19.5 Å². The highest BCUT2D eigenvalue weighted by Crippen LogP contribution is 2.14. The number of carbonyl (C=O) groups is 3. The van der Waals surface area contributed by atoms with Gasteiger partial charge in [0.15, 0.2) is 0 Å². The summed E-state index contributed by atoms with van der Waals surface area (Å²) in [5, 5.41) is 0. The molecule has 1 rings (SSSR count). The Morgan fingerprint density at radius 3 is 2.25 bits per heavy atom. The lowest BCUT2D eigenvalue weighted by Gasteiger charge is -2.36. The fraction of sp³-hybridized carbons (Fsp3) is 0.769. The molecule has 1 saturated heterocycles. The molecule has 0 aliphatic carbocycles. The number of carbonyl (C=O) groups excluding carboxylic acids is 3. The summed E-state index contributed by atoms with van der Waals surface area (Å²) in [6.45, 7) is 6.57. The molecule has 1 heterocycles. The van der Waals surface area contributed by atoms with Crippen molar-refractivity contribution in [1.82, 2.24) is 9.80 Å². The molecule has 0 spiro atoms. The number of methoxy groups -OCH3 is 1. The number of rotatable bonds is 2. The predicted octanol–water partition coefficient (Wildman–Crippen LogP) is 0.976. The lowest BCUT2D eigenvalue weighted by Crippen LogP contribution is -2.51. The Bertz CT molecular complexity index is 389. The average molecular weight is 286 g/mol. The highest BCUT2D eigenvalue weighted by atomic mass is 16.6. The van der Waals surface area contributed by atoms with Gasteiger partial charge in [-0.25, -0.2) is 4.79 Å². The molecular weight excluding hydrogens is 264 g/mol. The molecule has 20 heavy (non-hydrogen) atoms. The van der Waals surface area contributed by atoms with Crippen LogP contribution in [0.15, 0.2) is 0 Å². The lowest BCUT2D eigenvalue weighted by molar-refractivity contribution is -0.148. The first kappa shape index (κ1) is 16.3. The van der Waals surface area contributed by atoms with E-state index < -0.39 is 17.7 Å². The van der Waals surface area contributed by atoms with Crippen molar-refractivity contribution in [2.24, 2.45) is 0 Å². The second-order valence-corrected chi connectivity index (χ2v) is 5.65. The predicted molar refractivity (Wildman–Crippen MR) is 70.8 cm³/mol. The number of esters is 1. The quantitative estimate of drug-likeness (QED) is 0.558. The minimum atomic E-state index is -0.579. The van der Waals surface area contributed by atoms with Crippen molar-refractivity contribution in [1.29, 1.82) is 0 Å². The first-order chi connectivity index (χ1) is 9.23. The van der Waals surface area contributed by atoms with Gasteiger partial charge in [0.05, 0.1) is 13.8 Å². The Kier molecular flexibility index (Phi) is 5.35. The molecule has 0 saturated carbocycles. The fourth-order valence-electron chi connectivity index (χ4n) is 1.79. The zero-order chi connectivity index (χ0) is 15.3. The third-order valence-electron chi connectivity index (χ3n) is 2.73. The van der Waals surface area contributed by atoms with Crippen LogP contribution in [0.3, 0.4) is 0 Å². The number of hydrogen-bond acceptors (Lipinski definition) is 5. The van der Waals surface area contributed by atoms with Crippen LogP contribution in [0.2, 0.25) is 0 Å². The summed E-state index contributed by atoms with van der Waals surface area (Å²) in [6.07, 6.45) is -0.0989. The standard InChI is InChI=1S/C13H22N2O5/c1-13(2,3)20-12(18)15-7-5-6-14(9-15)10(16)8-11(17)19-4/h5-9H2,1-4H3. The summed E-state index contributed by atoms with van der Waals surface area (Å²) in [5.74, 6) is -0.922. The molecule has 1 fully saturated rings. The van der Waals surface area contributed by atoms with Crippen molar-refractivity contribution in [3.05, 3.63) is 0 Å². The van der Waals surface area contributed by atoms with E-state index in [1.54, 1.807) is 20.8 Å². The van der Waals surface area contributed by atoms with E-state index in [9.17, 15) is 14.4 Å². The fourth-order valence-corrected chi connectivity index (χ4v) is 1.79. The Morgan fingerprint density at radius 2 is 1.70 bits per heavy atom. The Balaban J connectivity index is 2.56. The number of hydrogen-bond donors (Lipinski definition) is 0. The molecule has 114 valence electrons. The van der Waals surface area contributed by atoms with Crippen LogP contribution in [0, 0.1) is 0 Å². The topological polar surface area (TPSA) is 76.2 Å². The maximum absolute atomic E-state index is 11.9. The van der Waals surface area contributed by atoms with Crippen molar-refractivity contribution in [2.45, 2.75) is 39.2 Å². The van der Waals surface area contributed by atoms with Crippen LogP contribution in [0.1, 0.15) is 33.6 Å². The molecule has 0 aromatic heterocycles. The van der Waals surface area contributed by atoms with Gasteiger partial charge in [-0.05, 0) is 27.2 Å². The first-order valence-electron chi connectivity index (χ1n) is 6.55. The van der Waals surface area contributed by atoms with Crippen molar-refractivity contribution in [3.8, 4) is 0 Å². The Morgan fingerprint density at radius 1 is 1.10 bits per heavy atom. The zero-order valence-corrected chi connectivity index (χ0v) is 12.5. The summed E-state index contributed by atoms with van der Waals surface area (Å²) in [6, 6.07) is 0. The van der Waals surface area contributed by atoms with Gasteiger partial charge in [0, 0.05) is 13.1 Å². The third-order valence-corrected chi connectivity index (χ3v) is 2.73. The molecular formula is C13H22N2O5. The van der Waals surface area contributed by atoms with Crippen LogP contribution in [0.4, 0.5) is 4.79 Å². The van der Waals surface area contributed by atoms with Gasteiger partial charge >= 0.3 is 12.1 Å². The molecule has 0 aromatic rings. The van der Waals surface area contributed by atoms with Crippen LogP contribution in [0.25, 0.3) is 0 Å². The molecule has 0 aromatic carbocycles. The van der Waals surface area contributed by atoms with Crippen molar-refractivity contribution in [3.63, 3.8) is 0 Å². The van der Waals surface area contributed by atoms with E-state index in [4.69, 9.17) is 4.74 Å². The summed E-state index contributed by atoms with van der Waals surface area (Å²) in [4.78, 5) is 37.8. The SMILES string of the molecule is COC(=O)CC(=O)N1CCCN(C(=O)OC(C)(C)C)C1. The summed E-state index contributed by atoms with van der Waals surface area (Å²) in [5.41, 5.74) is -0.574. The first-order valence-corrected chi connectivity index (χ1v) is 6.55. The second kappa shape index (κ2) is 6.58. The highest BCUT2D eigenvalue weighted by Gasteiger charge is 2.29. The molecule has 0 radical (unpaired) electrons. The molecule has 2 amide bonds. The van der Waals surface area contributed by atoms with Crippen LogP contribution >= 0.6 is 0 Å². The van der Waals surface area contributed by atoms with Crippen LogP contribution < -0.4 is 0 Å². The van der Waals surface area contributed by atoms with E-state index in [0.717, 1.165) is 0 Å². The monoisotopic (exact) mass is 286 g/mol. The summed E-state index contributed by atoms with van der Waals surface area (Å²) >= 11 is 0. The minimum absolute atomic E-state index is 0.144. The van der Waals surface area contributed by atoms with Gasteiger partial charge in [0.2, 0.25) is 5.91 Å². The number of nitrogens with zero attached hydrogens (tertiary/aromatic N) is 2. The summed E-state index contributed by atoms with van der Waals surface area (Å²) in [7, 11) is 1.23. The second-order valence-electron chi connectivity index (χ2n) is 5.65. The molecule has 1 aliphatic heterocycles. The molecule has 0 atom stereocenters. The zero-order valence-electron chi connectivity index (χ0n) is 12.5. The van der Waals surface area contributed by atoms with Crippen molar-refractivity contribution >= 4 is 18.0 Å². The van der Waals surface area contributed by atoms with Crippen LogP contribution in [-0.2, 0) is 19.1 Å². The van der Waals surface area contributed by atoms with Crippen molar-refractivity contribution in [2.75, 3.05) is 26.9 Å². The van der Waals surface area contributed by atoms with Crippen molar-refractivity contribution < 1.29 is 23.9 Å². The Hall–Kier alpha value is -1.79.